The van der Waals surface area contributed by atoms with Crippen LogP contribution < -0.4 is 24.7 Å². The molecule has 9 nitrogen and oxygen atoms in total. The SMILES string of the molecule is COc1cc(-c2nc(C)c(C(=O)NCCc3ccc(S(N)(=O)=O)cc3)s2)cc(OC)c1OC. The summed E-state index contributed by atoms with van der Waals surface area (Å²) in [5.74, 6) is 1.25. The molecule has 0 aliphatic carbocycles. The zero-order chi connectivity index (χ0) is 24.2. The lowest BCUT2D eigenvalue weighted by Gasteiger charge is -2.13. The minimum atomic E-state index is -3.73. The normalized spacial score (nSPS) is 11.2. The number of aryl methyl sites for hydroxylation is 1. The summed E-state index contributed by atoms with van der Waals surface area (Å²) in [5, 5.41) is 8.64. The number of hydrogen-bond donors (Lipinski definition) is 2. The molecule has 0 aliphatic rings. The van der Waals surface area contributed by atoms with Gasteiger partial charge >= 0.3 is 0 Å². The van der Waals surface area contributed by atoms with Gasteiger partial charge in [-0.3, -0.25) is 4.79 Å². The van der Waals surface area contributed by atoms with Crippen LogP contribution in [0, 0.1) is 6.92 Å². The summed E-state index contributed by atoms with van der Waals surface area (Å²) in [6.07, 6.45) is 0.536. The van der Waals surface area contributed by atoms with Gasteiger partial charge in [0, 0.05) is 12.1 Å². The van der Waals surface area contributed by atoms with Crippen molar-refractivity contribution >= 4 is 27.3 Å². The van der Waals surface area contributed by atoms with Crippen molar-refractivity contribution in [2.45, 2.75) is 18.2 Å². The van der Waals surface area contributed by atoms with E-state index >= 15 is 0 Å². The Morgan fingerprint density at radius 3 is 2.18 bits per heavy atom. The number of nitrogens with zero attached hydrogens (tertiary/aromatic N) is 1. The molecule has 176 valence electrons. The van der Waals surface area contributed by atoms with Crippen molar-refractivity contribution in [3.05, 3.63) is 52.5 Å². The number of nitrogens with one attached hydrogen (secondary N) is 1. The van der Waals surface area contributed by atoms with E-state index in [9.17, 15) is 13.2 Å². The van der Waals surface area contributed by atoms with E-state index in [0.717, 1.165) is 11.1 Å². The maximum atomic E-state index is 12.7. The average Bonchev–Trinajstić information content (AvgIpc) is 3.19. The number of nitrogens with two attached hydrogens (primary N) is 1. The Bertz CT molecular complexity index is 1230. The first-order valence-corrected chi connectivity index (χ1v) is 12.2. The third-order valence-corrected chi connectivity index (χ3v) is 7.00. The number of rotatable bonds is 9. The summed E-state index contributed by atoms with van der Waals surface area (Å²) in [5.41, 5.74) is 2.23. The van der Waals surface area contributed by atoms with Gasteiger partial charge in [-0.1, -0.05) is 12.1 Å². The topological polar surface area (TPSA) is 130 Å². The molecule has 0 bridgehead atoms. The highest BCUT2D eigenvalue weighted by Crippen LogP contribution is 2.42. The predicted molar refractivity (Wildman–Crippen MR) is 126 cm³/mol. The number of sulfonamides is 1. The van der Waals surface area contributed by atoms with Gasteiger partial charge in [0.15, 0.2) is 11.5 Å². The van der Waals surface area contributed by atoms with E-state index < -0.39 is 10.0 Å². The first-order chi connectivity index (χ1) is 15.7. The van der Waals surface area contributed by atoms with Crippen molar-refractivity contribution in [1.82, 2.24) is 10.3 Å². The lowest BCUT2D eigenvalue weighted by atomic mass is 10.1. The van der Waals surface area contributed by atoms with Crippen molar-refractivity contribution in [3.8, 4) is 27.8 Å². The fourth-order valence-corrected chi connectivity index (χ4v) is 4.67. The van der Waals surface area contributed by atoms with Gasteiger partial charge in [0.05, 0.1) is 31.9 Å². The molecule has 0 saturated carbocycles. The maximum absolute atomic E-state index is 12.7. The van der Waals surface area contributed by atoms with Crippen LogP contribution in [0.2, 0.25) is 0 Å². The van der Waals surface area contributed by atoms with Crippen LogP contribution in [0.1, 0.15) is 20.9 Å². The Balaban J connectivity index is 1.72. The van der Waals surface area contributed by atoms with Crippen LogP contribution in [-0.4, -0.2) is 47.2 Å². The summed E-state index contributed by atoms with van der Waals surface area (Å²) < 4.78 is 38.8. The van der Waals surface area contributed by atoms with Crippen molar-refractivity contribution in [1.29, 1.82) is 0 Å². The number of ether oxygens (including phenoxy) is 3. The number of carbonyl (C=O) groups excluding carboxylic acids is 1. The highest BCUT2D eigenvalue weighted by Gasteiger charge is 2.20. The third kappa shape index (κ3) is 5.62. The van der Waals surface area contributed by atoms with E-state index in [1.54, 1.807) is 31.2 Å². The zero-order valence-electron chi connectivity index (χ0n) is 18.7. The number of hydrogen-bond acceptors (Lipinski definition) is 8. The first kappa shape index (κ1) is 24.5. The number of thiazole rings is 1. The molecule has 0 spiro atoms. The smallest absolute Gasteiger partial charge is 0.263 e. The Morgan fingerprint density at radius 2 is 1.67 bits per heavy atom. The van der Waals surface area contributed by atoms with Crippen molar-refractivity contribution < 1.29 is 27.4 Å². The van der Waals surface area contributed by atoms with Crippen LogP contribution in [0.15, 0.2) is 41.3 Å². The van der Waals surface area contributed by atoms with Gasteiger partial charge in [-0.05, 0) is 43.2 Å². The molecule has 1 amide bonds. The van der Waals surface area contributed by atoms with Crippen molar-refractivity contribution in [3.63, 3.8) is 0 Å². The molecule has 0 fully saturated rings. The molecule has 0 unspecified atom stereocenters. The van der Waals surface area contributed by atoms with Crippen molar-refractivity contribution in [2.24, 2.45) is 5.14 Å². The van der Waals surface area contributed by atoms with Crippen LogP contribution in [-0.2, 0) is 16.4 Å². The Morgan fingerprint density at radius 1 is 1.06 bits per heavy atom. The van der Waals surface area contributed by atoms with E-state index in [-0.39, 0.29) is 10.8 Å². The molecule has 0 saturated heterocycles. The molecule has 3 N–H and O–H groups in total. The van der Waals surface area contributed by atoms with E-state index in [1.807, 2.05) is 0 Å². The number of carbonyl (C=O) groups is 1. The fourth-order valence-electron chi connectivity index (χ4n) is 3.18. The quantitative estimate of drug-likeness (QED) is 0.471. The lowest BCUT2D eigenvalue weighted by Crippen LogP contribution is -2.25. The van der Waals surface area contributed by atoms with Gasteiger partial charge in [0.1, 0.15) is 9.88 Å². The Kier molecular flexibility index (Phi) is 7.57. The molecule has 33 heavy (non-hydrogen) atoms. The molecule has 2 aromatic carbocycles. The third-order valence-electron chi connectivity index (χ3n) is 4.87. The van der Waals surface area contributed by atoms with Gasteiger partial charge in [-0.2, -0.15) is 0 Å². The maximum Gasteiger partial charge on any atom is 0.263 e. The van der Waals surface area contributed by atoms with E-state index in [2.05, 4.69) is 10.3 Å². The molecule has 1 heterocycles. The molecular formula is C22H25N3O6S2. The summed E-state index contributed by atoms with van der Waals surface area (Å²) >= 11 is 1.27. The number of methoxy groups -OCH3 is 3. The van der Waals surface area contributed by atoms with Gasteiger partial charge in [0.25, 0.3) is 5.91 Å². The Labute approximate surface area is 196 Å². The number of amides is 1. The molecule has 3 aromatic rings. The van der Waals surface area contributed by atoms with Crippen LogP contribution in [0.5, 0.6) is 17.2 Å². The molecular weight excluding hydrogens is 466 g/mol. The molecule has 0 radical (unpaired) electrons. The average molecular weight is 492 g/mol. The Hall–Kier alpha value is -3.15. The molecule has 3 rings (SSSR count). The van der Waals surface area contributed by atoms with Crippen LogP contribution in [0.4, 0.5) is 0 Å². The predicted octanol–water partition coefficient (Wildman–Crippen LogP) is 2.76. The summed E-state index contributed by atoms with van der Waals surface area (Å²) in [6, 6.07) is 9.81. The van der Waals surface area contributed by atoms with E-state index in [1.165, 1.54) is 44.8 Å². The molecule has 0 atom stereocenters. The lowest BCUT2D eigenvalue weighted by molar-refractivity contribution is 0.0957. The minimum Gasteiger partial charge on any atom is -0.493 e. The van der Waals surface area contributed by atoms with Crippen LogP contribution in [0.25, 0.3) is 10.6 Å². The number of aromatic nitrogens is 1. The minimum absolute atomic E-state index is 0.0508. The zero-order valence-corrected chi connectivity index (χ0v) is 20.3. The monoisotopic (exact) mass is 491 g/mol. The van der Waals surface area contributed by atoms with Crippen molar-refractivity contribution in [2.75, 3.05) is 27.9 Å². The highest BCUT2D eigenvalue weighted by molar-refractivity contribution is 7.89. The second kappa shape index (κ2) is 10.2. The van der Waals surface area contributed by atoms with Gasteiger partial charge in [0.2, 0.25) is 15.8 Å². The van der Waals surface area contributed by atoms with Gasteiger partial charge in [-0.15, -0.1) is 11.3 Å². The van der Waals surface area contributed by atoms with Gasteiger partial charge in [-0.25, -0.2) is 18.5 Å². The highest BCUT2D eigenvalue weighted by atomic mass is 32.2. The number of benzene rings is 2. The number of primary sulfonamides is 1. The largest absolute Gasteiger partial charge is 0.493 e. The van der Waals surface area contributed by atoms with Gasteiger partial charge < -0.3 is 19.5 Å². The summed E-state index contributed by atoms with van der Waals surface area (Å²) in [6.45, 7) is 2.16. The van der Waals surface area contributed by atoms with E-state index in [0.29, 0.717) is 45.8 Å². The fraction of sp³-hybridized carbons (Fsp3) is 0.273. The summed E-state index contributed by atoms with van der Waals surface area (Å²) in [7, 11) is 0.881. The summed E-state index contributed by atoms with van der Waals surface area (Å²) in [4.78, 5) is 17.8. The molecule has 0 aliphatic heterocycles. The first-order valence-electron chi connectivity index (χ1n) is 9.85. The standard InChI is InChI=1S/C22H25N3O6S2/c1-13-20(21(26)24-10-9-14-5-7-16(8-6-14)33(23,27)28)32-22(25-13)15-11-17(29-2)19(31-4)18(12-15)30-3/h5-8,11-12H,9-10H2,1-4H3,(H,24,26)(H2,23,27,28). The van der Waals surface area contributed by atoms with Crippen LogP contribution in [0.3, 0.4) is 0 Å². The molecule has 1 aromatic heterocycles. The second-order valence-corrected chi connectivity index (χ2v) is 9.60. The molecule has 11 heteroatoms. The van der Waals surface area contributed by atoms with Crippen LogP contribution >= 0.6 is 11.3 Å². The second-order valence-electron chi connectivity index (χ2n) is 7.04. The van der Waals surface area contributed by atoms with E-state index in [4.69, 9.17) is 19.3 Å².